The maximum absolute atomic E-state index is 11.4. The molecule has 0 aromatic rings. The second kappa shape index (κ2) is 4.78. The van der Waals surface area contributed by atoms with Gasteiger partial charge in [0.1, 0.15) is 5.92 Å². The van der Waals surface area contributed by atoms with Gasteiger partial charge < -0.3 is 10.2 Å². The van der Waals surface area contributed by atoms with E-state index in [-0.39, 0.29) is 17.9 Å². The first-order valence-corrected chi connectivity index (χ1v) is 4.98. The third-order valence-corrected chi connectivity index (χ3v) is 2.56. The molecule has 1 aliphatic heterocycles. The molecular weight excluding hydrogens is 194 g/mol. The first-order valence-electron chi connectivity index (χ1n) is 4.98. The van der Waals surface area contributed by atoms with Gasteiger partial charge in [-0.2, -0.15) is 5.26 Å². The second-order valence-electron chi connectivity index (χ2n) is 3.87. The van der Waals surface area contributed by atoms with E-state index in [9.17, 15) is 9.59 Å². The fraction of sp³-hybridized carbons (Fsp3) is 0.700. The first kappa shape index (κ1) is 11.5. The van der Waals surface area contributed by atoms with Gasteiger partial charge in [0.25, 0.3) is 0 Å². The molecule has 5 nitrogen and oxygen atoms in total. The molecular formula is C10H15N3O2. The number of piperidine rings is 1. The minimum atomic E-state index is -0.632. The predicted molar refractivity (Wildman–Crippen MR) is 53.6 cm³/mol. The van der Waals surface area contributed by atoms with Gasteiger partial charge in [-0.3, -0.25) is 9.59 Å². The Balaban J connectivity index is 2.44. The van der Waals surface area contributed by atoms with Crippen LogP contribution in [-0.2, 0) is 9.59 Å². The molecule has 0 aromatic carbocycles. The van der Waals surface area contributed by atoms with Crippen LogP contribution >= 0.6 is 0 Å². The second-order valence-corrected chi connectivity index (χ2v) is 3.87. The van der Waals surface area contributed by atoms with Crippen molar-refractivity contribution in [2.45, 2.75) is 25.8 Å². The Bertz CT molecular complexity index is 308. The van der Waals surface area contributed by atoms with E-state index in [1.807, 2.05) is 6.07 Å². The molecule has 1 aliphatic rings. The summed E-state index contributed by atoms with van der Waals surface area (Å²) in [7, 11) is 1.72. The summed E-state index contributed by atoms with van der Waals surface area (Å²) in [5.41, 5.74) is 0. The van der Waals surface area contributed by atoms with Crippen molar-refractivity contribution in [1.29, 1.82) is 5.26 Å². The molecule has 0 aliphatic carbocycles. The van der Waals surface area contributed by atoms with E-state index in [0.29, 0.717) is 19.4 Å². The Morgan fingerprint density at radius 3 is 2.93 bits per heavy atom. The number of amides is 2. The summed E-state index contributed by atoms with van der Waals surface area (Å²) >= 11 is 0. The van der Waals surface area contributed by atoms with Crippen LogP contribution in [-0.4, -0.2) is 36.3 Å². The summed E-state index contributed by atoms with van der Waals surface area (Å²) in [4.78, 5) is 24.2. The average molecular weight is 209 g/mol. The lowest BCUT2D eigenvalue weighted by Crippen LogP contribution is -2.49. The van der Waals surface area contributed by atoms with E-state index < -0.39 is 5.92 Å². The van der Waals surface area contributed by atoms with Gasteiger partial charge in [-0.25, -0.2) is 0 Å². The highest BCUT2D eigenvalue weighted by Crippen LogP contribution is 2.10. The molecule has 2 amide bonds. The Labute approximate surface area is 89.0 Å². The molecule has 0 saturated carbocycles. The van der Waals surface area contributed by atoms with Crippen LogP contribution < -0.4 is 5.32 Å². The number of hydrogen-bond acceptors (Lipinski definition) is 3. The van der Waals surface area contributed by atoms with Gasteiger partial charge in [-0.1, -0.05) is 0 Å². The number of nitrogens with one attached hydrogen (secondary N) is 1. The van der Waals surface area contributed by atoms with Crippen LogP contribution in [0.3, 0.4) is 0 Å². The Morgan fingerprint density at radius 2 is 2.40 bits per heavy atom. The summed E-state index contributed by atoms with van der Waals surface area (Å²) in [5, 5.41) is 11.3. The zero-order valence-corrected chi connectivity index (χ0v) is 8.99. The van der Waals surface area contributed by atoms with Gasteiger partial charge in [0.2, 0.25) is 11.8 Å². The normalized spacial score (nSPS) is 23.1. The lowest BCUT2D eigenvalue weighted by Gasteiger charge is -2.30. The molecule has 0 spiro atoms. The van der Waals surface area contributed by atoms with Crippen molar-refractivity contribution in [3.05, 3.63) is 0 Å². The largest absolute Gasteiger partial charge is 0.350 e. The fourth-order valence-electron chi connectivity index (χ4n) is 1.51. The number of likely N-dealkylation sites (tertiary alicyclic amines) is 1. The molecule has 2 atom stereocenters. The minimum absolute atomic E-state index is 0.0176. The lowest BCUT2D eigenvalue weighted by molar-refractivity contribution is -0.134. The van der Waals surface area contributed by atoms with Crippen LogP contribution in [0.25, 0.3) is 0 Å². The maximum Gasteiger partial charge on any atom is 0.237 e. The van der Waals surface area contributed by atoms with Crippen LogP contribution in [0.5, 0.6) is 0 Å². The van der Waals surface area contributed by atoms with Gasteiger partial charge in [-0.05, 0) is 13.3 Å². The highest BCUT2D eigenvalue weighted by atomic mass is 16.2. The summed E-state index contributed by atoms with van der Waals surface area (Å²) in [6, 6.07) is 1.86. The molecule has 82 valence electrons. The van der Waals surface area contributed by atoms with Gasteiger partial charge >= 0.3 is 0 Å². The molecule has 0 aromatic heterocycles. The van der Waals surface area contributed by atoms with E-state index in [4.69, 9.17) is 5.26 Å². The number of likely N-dealkylation sites (N-methyl/N-ethyl adjacent to an activating group) is 1. The van der Waals surface area contributed by atoms with E-state index in [0.717, 1.165) is 0 Å². The number of carbonyl (C=O) groups excluding carboxylic acids is 2. The van der Waals surface area contributed by atoms with Crippen LogP contribution in [0.1, 0.15) is 19.8 Å². The van der Waals surface area contributed by atoms with E-state index in [2.05, 4.69) is 5.32 Å². The number of hydrogen-bond donors (Lipinski definition) is 1. The first-order chi connectivity index (χ1) is 7.04. The highest BCUT2D eigenvalue weighted by Gasteiger charge is 2.25. The maximum atomic E-state index is 11.4. The third-order valence-electron chi connectivity index (χ3n) is 2.56. The molecule has 0 bridgehead atoms. The zero-order chi connectivity index (χ0) is 11.4. The SMILES string of the molecule is CC(C#N)C(=O)NC1CCC(=O)N(C)C1. The number of rotatable bonds is 2. The van der Waals surface area contributed by atoms with E-state index in [1.165, 1.54) is 0 Å². The quantitative estimate of drug-likeness (QED) is 0.689. The topological polar surface area (TPSA) is 73.2 Å². The number of nitrogens with zero attached hydrogens (tertiary/aromatic N) is 2. The van der Waals surface area contributed by atoms with Crippen LogP contribution in [0.4, 0.5) is 0 Å². The zero-order valence-electron chi connectivity index (χ0n) is 8.99. The Kier molecular flexibility index (Phi) is 3.67. The lowest BCUT2D eigenvalue weighted by atomic mass is 10.0. The molecule has 5 heteroatoms. The van der Waals surface area contributed by atoms with E-state index in [1.54, 1.807) is 18.9 Å². The summed E-state index contributed by atoms with van der Waals surface area (Å²) < 4.78 is 0. The van der Waals surface area contributed by atoms with Crippen molar-refractivity contribution in [2.24, 2.45) is 5.92 Å². The minimum Gasteiger partial charge on any atom is -0.350 e. The van der Waals surface area contributed by atoms with Gasteiger partial charge in [-0.15, -0.1) is 0 Å². The van der Waals surface area contributed by atoms with Crippen molar-refractivity contribution in [2.75, 3.05) is 13.6 Å². The van der Waals surface area contributed by atoms with E-state index >= 15 is 0 Å². The van der Waals surface area contributed by atoms with Crippen molar-refractivity contribution in [3.63, 3.8) is 0 Å². The average Bonchev–Trinajstić information content (AvgIpc) is 2.22. The Morgan fingerprint density at radius 1 is 1.73 bits per heavy atom. The fourth-order valence-corrected chi connectivity index (χ4v) is 1.51. The molecule has 1 N–H and O–H groups in total. The monoisotopic (exact) mass is 209 g/mol. The third kappa shape index (κ3) is 2.94. The van der Waals surface area contributed by atoms with Crippen molar-refractivity contribution < 1.29 is 9.59 Å². The number of nitriles is 1. The Hall–Kier alpha value is -1.57. The van der Waals surface area contributed by atoms with Crippen LogP contribution in [0, 0.1) is 17.2 Å². The molecule has 1 heterocycles. The van der Waals surface area contributed by atoms with Crippen LogP contribution in [0.15, 0.2) is 0 Å². The molecule has 1 saturated heterocycles. The van der Waals surface area contributed by atoms with Crippen LogP contribution in [0.2, 0.25) is 0 Å². The number of carbonyl (C=O) groups is 2. The molecule has 1 fully saturated rings. The standard InChI is InChI=1S/C10H15N3O2/c1-7(5-11)10(15)12-8-3-4-9(14)13(2)6-8/h7-8H,3-4,6H2,1-2H3,(H,12,15). The van der Waals surface area contributed by atoms with Gasteiger partial charge in [0.15, 0.2) is 0 Å². The highest BCUT2D eigenvalue weighted by molar-refractivity contribution is 5.81. The smallest absolute Gasteiger partial charge is 0.237 e. The molecule has 2 unspecified atom stereocenters. The summed E-state index contributed by atoms with van der Waals surface area (Å²) in [6.45, 7) is 2.09. The van der Waals surface area contributed by atoms with Crippen molar-refractivity contribution in [3.8, 4) is 6.07 Å². The molecule has 1 rings (SSSR count). The molecule has 0 radical (unpaired) electrons. The molecule has 15 heavy (non-hydrogen) atoms. The van der Waals surface area contributed by atoms with Gasteiger partial charge in [0.05, 0.1) is 6.07 Å². The summed E-state index contributed by atoms with van der Waals surface area (Å²) in [6.07, 6.45) is 1.12. The summed E-state index contributed by atoms with van der Waals surface area (Å²) in [5.74, 6) is -0.785. The van der Waals surface area contributed by atoms with Crippen molar-refractivity contribution in [1.82, 2.24) is 10.2 Å². The predicted octanol–water partition coefficient (Wildman–Crippen LogP) is -0.117. The van der Waals surface area contributed by atoms with Gasteiger partial charge in [0, 0.05) is 26.1 Å². The van der Waals surface area contributed by atoms with Crippen molar-refractivity contribution >= 4 is 11.8 Å².